The summed E-state index contributed by atoms with van der Waals surface area (Å²) in [7, 11) is 0. The molecule has 0 aromatic carbocycles. The monoisotopic (exact) mass is 152 g/mol. The minimum Gasteiger partial charge on any atom is -0.367 e. The molecule has 0 aromatic heterocycles. The molecule has 1 N–H and O–H groups in total. The predicted molar refractivity (Wildman–Crippen MR) is 37.6 cm³/mol. The summed E-state index contributed by atoms with van der Waals surface area (Å²) in [5.41, 5.74) is 0. The van der Waals surface area contributed by atoms with Crippen LogP contribution in [0.2, 0.25) is 0 Å². The average Bonchev–Trinajstić information content (AvgIpc) is 1.89. The van der Waals surface area contributed by atoms with E-state index in [0.29, 0.717) is 6.61 Å². The average molecular weight is 153 g/mol. The fraction of sp³-hybridized carbons (Fsp3) is 1.00. The van der Waals surface area contributed by atoms with Crippen LogP contribution < -0.4 is 0 Å². The number of rotatable bonds is 5. The number of aliphatic hydroxyl groups is 1. The Kier molecular flexibility index (Phi) is 6.48. The van der Waals surface area contributed by atoms with E-state index in [1.54, 1.807) is 0 Å². The third kappa shape index (κ3) is 6.09. The van der Waals surface area contributed by atoms with Crippen molar-refractivity contribution in [3.8, 4) is 0 Å². The van der Waals surface area contributed by atoms with Crippen LogP contribution in [0.3, 0.4) is 0 Å². The predicted octanol–water partition coefficient (Wildman–Crippen LogP) is 1.36. The molecule has 0 radical (unpaired) electrons. The highest BCUT2D eigenvalue weighted by Gasteiger charge is 1.98. The second kappa shape index (κ2) is 6.33. The van der Waals surface area contributed by atoms with E-state index in [1.807, 2.05) is 0 Å². The number of hydrogen-bond donors (Lipinski definition) is 1. The van der Waals surface area contributed by atoms with Crippen LogP contribution in [0.1, 0.15) is 19.8 Å². The molecular weight excluding hydrogens is 140 g/mol. The molecule has 0 spiro atoms. The first-order valence-electron chi connectivity index (χ1n) is 3.17. The molecule has 56 valence electrons. The van der Waals surface area contributed by atoms with E-state index < -0.39 is 6.29 Å². The smallest absolute Gasteiger partial charge is 0.168 e. The minimum absolute atomic E-state index is 0.156. The fourth-order valence-electron chi connectivity index (χ4n) is 0.408. The first kappa shape index (κ1) is 9.21. The Morgan fingerprint density at radius 2 is 2.33 bits per heavy atom. The van der Waals surface area contributed by atoms with Gasteiger partial charge in [-0.2, -0.15) is 0 Å². The second-order valence-electron chi connectivity index (χ2n) is 1.83. The van der Waals surface area contributed by atoms with E-state index in [2.05, 4.69) is 6.92 Å². The summed E-state index contributed by atoms with van der Waals surface area (Å²) >= 11 is 5.26. The molecule has 0 fully saturated rings. The first-order valence-corrected chi connectivity index (χ1v) is 3.70. The van der Waals surface area contributed by atoms with E-state index in [4.69, 9.17) is 21.4 Å². The normalized spacial score (nSPS) is 13.7. The van der Waals surface area contributed by atoms with Gasteiger partial charge in [-0.15, -0.1) is 11.6 Å². The Balaban J connectivity index is 2.88. The lowest BCUT2D eigenvalue weighted by atomic mass is 10.4. The summed E-state index contributed by atoms with van der Waals surface area (Å²) in [6.45, 7) is 2.67. The van der Waals surface area contributed by atoms with Crippen LogP contribution in [-0.4, -0.2) is 23.9 Å². The topological polar surface area (TPSA) is 29.5 Å². The summed E-state index contributed by atoms with van der Waals surface area (Å²) < 4.78 is 4.86. The Morgan fingerprint density at radius 1 is 1.67 bits per heavy atom. The SMILES string of the molecule is CCCCOC(O)CCl. The van der Waals surface area contributed by atoms with Gasteiger partial charge in [-0.25, -0.2) is 0 Å². The quantitative estimate of drug-likeness (QED) is 0.366. The number of alkyl halides is 1. The van der Waals surface area contributed by atoms with Crippen molar-refractivity contribution < 1.29 is 9.84 Å². The molecule has 0 saturated carbocycles. The van der Waals surface area contributed by atoms with Gasteiger partial charge in [0, 0.05) is 6.61 Å². The van der Waals surface area contributed by atoms with E-state index in [1.165, 1.54) is 0 Å². The van der Waals surface area contributed by atoms with Crippen LogP contribution in [0.5, 0.6) is 0 Å². The molecule has 0 aliphatic heterocycles. The van der Waals surface area contributed by atoms with Gasteiger partial charge in [0.05, 0.1) is 5.88 Å². The van der Waals surface area contributed by atoms with Crippen LogP contribution >= 0.6 is 11.6 Å². The summed E-state index contributed by atoms with van der Waals surface area (Å²) in [5, 5.41) is 8.73. The lowest BCUT2D eigenvalue weighted by molar-refractivity contribution is -0.0830. The third-order valence-corrected chi connectivity index (χ3v) is 1.20. The number of halogens is 1. The molecule has 0 aliphatic carbocycles. The highest BCUT2D eigenvalue weighted by molar-refractivity contribution is 6.18. The Labute approximate surface area is 60.8 Å². The molecule has 2 nitrogen and oxygen atoms in total. The van der Waals surface area contributed by atoms with Crippen molar-refractivity contribution in [1.82, 2.24) is 0 Å². The van der Waals surface area contributed by atoms with Gasteiger partial charge < -0.3 is 9.84 Å². The van der Waals surface area contributed by atoms with Gasteiger partial charge in [0.1, 0.15) is 0 Å². The Bertz CT molecular complexity index is 59.0. The Morgan fingerprint density at radius 3 is 2.78 bits per heavy atom. The molecule has 3 heteroatoms. The minimum atomic E-state index is -0.779. The van der Waals surface area contributed by atoms with Crippen LogP contribution in [0, 0.1) is 0 Å². The van der Waals surface area contributed by atoms with Gasteiger partial charge in [-0.1, -0.05) is 13.3 Å². The number of hydrogen-bond acceptors (Lipinski definition) is 2. The van der Waals surface area contributed by atoms with Gasteiger partial charge in [-0.05, 0) is 6.42 Å². The summed E-state index contributed by atoms with van der Waals surface area (Å²) in [6, 6.07) is 0. The van der Waals surface area contributed by atoms with E-state index in [-0.39, 0.29) is 5.88 Å². The van der Waals surface area contributed by atoms with Crippen LogP contribution in [0.15, 0.2) is 0 Å². The molecule has 1 unspecified atom stereocenters. The van der Waals surface area contributed by atoms with E-state index in [9.17, 15) is 0 Å². The van der Waals surface area contributed by atoms with Crippen molar-refractivity contribution in [2.75, 3.05) is 12.5 Å². The largest absolute Gasteiger partial charge is 0.367 e. The van der Waals surface area contributed by atoms with Crippen molar-refractivity contribution in [1.29, 1.82) is 0 Å². The fourth-order valence-corrected chi connectivity index (χ4v) is 0.497. The van der Waals surface area contributed by atoms with Crippen molar-refractivity contribution >= 4 is 11.6 Å². The zero-order valence-electron chi connectivity index (χ0n) is 5.64. The highest BCUT2D eigenvalue weighted by Crippen LogP contribution is 1.93. The molecule has 0 bridgehead atoms. The summed E-state index contributed by atoms with van der Waals surface area (Å²) in [5.74, 6) is 0.156. The van der Waals surface area contributed by atoms with Crippen molar-refractivity contribution in [2.24, 2.45) is 0 Å². The van der Waals surface area contributed by atoms with Crippen molar-refractivity contribution in [3.63, 3.8) is 0 Å². The maximum Gasteiger partial charge on any atom is 0.168 e. The van der Waals surface area contributed by atoms with Gasteiger partial charge in [0.15, 0.2) is 6.29 Å². The molecular formula is C6H13ClO2. The van der Waals surface area contributed by atoms with Gasteiger partial charge >= 0.3 is 0 Å². The van der Waals surface area contributed by atoms with Gasteiger partial charge in [0.25, 0.3) is 0 Å². The third-order valence-electron chi connectivity index (χ3n) is 0.940. The molecule has 0 aliphatic rings. The molecule has 0 amide bonds. The van der Waals surface area contributed by atoms with Gasteiger partial charge in [0.2, 0.25) is 0 Å². The standard InChI is InChI=1S/C6H13ClO2/c1-2-3-4-9-6(8)5-7/h6,8H,2-5H2,1H3. The first-order chi connectivity index (χ1) is 4.31. The van der Waals surface area contributed by atoms with Crippen LogP contribution in [0.4, 0.5) is 0 Å². The number of aliphatic hydroxyl groups excluding tert-OH is 1. The molecule has 9 heavy (non-hydrogen) atoms. The zero-order valence-corrected chi connectivity index (χ0v) is 6.40. The summed E-state index contributed by atoms with van der Waals surface area (Å²) in [6.07, 6.45) is 1.28. The summed E-state index contributed by atoms with van der Waals surface area (Å²) in [4.78, 5) is 0. The zero-order chi connectivity index (χ0) is 7.11. The lowest BCUT2D eigenvalue weighted by Crippen LogP contribution is -2.13. The van der Waals surface area contributed by atoms with Gasteiger partial charge in [-0.3, -0.25) is 0 Å². The maximum atomic E-state index is 8.73. The van der Waals surface area contributed by atoms with Crippen molar-refractivity contribution in [2.45, 2.75) is 26.1 Å². The maximum absolute atomic E-state index is 8.73. The molecule has 1 atom stereocenters. The number of ether oxygens (including phenoxy) is 1. The van der Waals surface area contributed by atoms with E-state index in [0.717, 1.165) is 12.8 Å². The highest BCUT2D eigenvalue weighted by atomic mass is 35.5. The second-order valence-corrected chi connectivity index (χ2v) is 2.14. The van der Waals surface area contributed by atoms with Crippen molar-refractivity contribution in [3.05, 3.63) is 0 Å². The molecule has 0 rings (SSSR count). The number of unbranched alkanes of at least 4 members (excludes halogenated alkanes) is 1. The molecule has 0 heterocycles. The van der Waals surface area contributed by atoms with E-state index >= 15 is 0 Å². The lowest BCUT2D eigenvalue weighted by Gasteiger charge is -2.06. The Hall–Kier alpha value is 0.210. The molecule has 0 saturated heterocycles. The van der Waals surface area contributed by atoms with Crippen LogP contribution in [-0.2, 0) is 4.74 Å². The molecule has 0 aromatic rings. The van der Waals surface area contributed by atoms with Crippen LogP contribution in [0.25, 0.3) is 0 Å².